The molecule has 2 fully saturated rings. The zero-order valence-electron chi connectivity index (χ0n) is 15.8. The van der Waals surface area contributed by atoms with Gasteiger partial charge in [0.2, 0.25) is 5.91 Å². The number of nitrogens with zero attached hydrogens (tertiary/aromatic N) is 1. The number of ether oxygens (including phenoxy) is 1. The topological polar surface area (TPSA) is 41.6 Å². The lowest BCUT2D eigenvalue weighted by atomic mass is 9.84. The van der Waals surface area contributed by atoms with Crippen LogP contribution in [0.15, 0.2) is 0 Å². The zero-order chi connectivity index (χ0) is 20.8. The summed E-state index contributed by atoms with van der Waals surface area (Å²) >= 11 is 0. The average molecular weight is 404 g/mol. The molecule has 2 heterocycles. The minimum atomic E-state index is -5.52. The van der Waals surface area contributed by atoms with Crippen LogP contribution in [0.3, 0.4) is 0 Å². The summed E-state index contributed by atoms with van der Waals surface area (Å²) in [4.78, 5) is 13.6. The second-order valence-corrected chi connectivity index (χ2v) is 8.51. The van der Waals surface area contributed by atoms with Crippen molar-refractivity contribution in [3.63, 3.8) is 0 Å². The Morgan fingerprint density at radius 3 is 1.96 bits per heavy atom. The van der Waals surface area contributed by atoms with Crippen molar-refractivity contribution < 1.29 is 35.9 Å². The second kappa shape index (κ2) is 7.09. The zero-order valence-corrected chi connectivity index (χ0v) is 15.8. The fourth-order valence-corrected chi connectivity index (χ4v) is 4.00. The number of halogens is 6. The quantitative estimate of drug-likeness (QED) is 0.717. The van der Waals surface area contributed by atoms with Crippen LogP contribution in [0.5, 0.6) is 0 Å². The molecule has 0 radical (unpaired) electrons. The highest BCUT2D eigenvalue weighted by molar-refractivity contribution is 5.81. The van der Waals surface area contributed by atoms with Gasteiger partial charge in [-0.05, 0) is 32.4 Å². The van der Waals surface area contributed by atoms with E-state index in [0.29, 0.717) is 25.9 Å². The lowest BCUT2D eigenvalue weighted by molar-refractivity contribution is -0.315. The maximum atomic E-state index is 13.4. The monoisotopic (exact) mass is 404 g/mol. The van der Waals surface area contributed by atoms with Crippen molar-refractivity contribution in [2.75, 3.05) is 20.1 Å². The highest BCUT2D eigenvalue weighted by Gasteiger charge is 2.66. The number of amides is 1. The molecular formula is C17H26F6N2O2. The van der Waals surface area contributed by atoms with Gasteiger partial charge in [0, 0.05) is 12.5 Å². The van der Waals surface area contributed by atoms with Crippen LogP contribution >= 0.6 is 0 Å². The van der Waals surface area contributed by atoms with Crippen LogP contribution in [0.2, 0.25) is 0 Å². The highest BCUT2D eigenvalue weighted by atomic mass is 19.4. The number of nitrogens with one attached hydrogen (secondary N) is 1. The maximum Gasteiger partial charge on any atom is 0.403 e. The molecule has 27 heavy (non-hydrogen) atoms. The first-order valence-corrected chi connectivity index (χ1v) is 8.88. The van der Waals surface area contributed by atoms with E-state index in [1.165, 1.54) is 7.05 Å². The third kappa shape index (κ3) is 4.70. The number of carbonyl (C=O) groups excluding carboxylic acids is 1. The van der Waals surface area contributed by atoms with Crippen molar-refractivity contribution in [2.45, 2.75) is 70.1 Å². The lowest BCUT2D eigenvalue weighted by Gasteiger charge is -2.37. The molecule has 2 rings (SSSR count). The van der Waals surface area contributed by atoms with Crippen molar-refractivity contribution in [3.8, 4) is 0 Å². The molecule has 2 aliphatic rings. The minimum Gasteiger partial charge on any atom is -0.368 e. The van der Waals surface area contributed by atoms with Crippen LogP contribution < -0.4 is 5.32 Å². The third-order valence-corrected chi connectivity index (χ3v) is 5.35. The van der Waals surface area contributed by atoms with E-state index < -0.39 is 47.3 Å². The van der Waals surface area contributed by atoms with E-state index in [2.05, 4.69) is 5.32 Å². The summed E-state index contributed by atoms with van der Waals surface area (Å²) in [6.07, 6.45) is -12.7. The minimum absolute atomic E-state index is 0.0413. The molecule has 0 aromatic rings. The number of carbonyl (C=O) groups is 1. The molecule has 1 amide bonds. The molecule has 0 aromatic heterocycles. The van der Waals surface area contributed by atoms with Gasteiger partial charge < -0.3 is 15.0 Å². The Hall–Kier alpha value is -1.03. The molecule has 10 heteroatoms. The van der Waals surface area contributed by atoms with Gasteiger partial charge in [-0.3, -0.25) is 4.79 Å². The van der Waals surface area contributed by atoms with Gasteiger partial charge in [-0.15, -0.1) is 0 Å². The molecule has 158 valence electrons. The fourth-order valence-electron chi connectivity index (χ4n) is 4.00. The van der Waals surface area contributed by atoms with Crippen LogP contribution in [-0.2, 0) is 9.53 Å². The molecule has 1 N–H and O–H groups in total. The van der Waals surface area contributed by atoms with Crippen molar-refractivity contribution in [1.82, 2.24) is 10.2 Å². The van der Waals surface area contributed by atoms with E-state index in [1.54, 1.807) is 20.8 Å². The van der Waals surface area contributed by atoms with Gasteiger partial charge >= 0.3 is 12.4 Å². The van der Waals surface area contributed by atoms with Gasteiger partial charge in [-0.25, -0.2) is 0 Å². The van der Waals surface area contributed by atoms with Crippen molar-refractivity contribution in [1.29, 1.82) is 0 Å². The number of piperidine rings is 1. The molecule has 0 aromatic carbocycles. The first-order chi connectivity index (χ1) is 12.1. The number of alkyl halides is 6. The van der Waals surface area contributed by atoms with Gasteiger partial charge in [0.25, 0.3) is 0 Å². The molecule has 0 bridgehead atoms. The van der Waals surface area contributed by atoms with Crippen molar-refractivity contribution in [3.05, 3.63) is 0 Å². The fraction of sp³-hybridized carbons (Fsp3) is 0.941. The maximum absolute atomic E-state index is 13.4. The highest BCUT2D eigenvalue weighted by Crippen LogP contribution is 2.50. The normalized spacial score (nSPS) is 26.6. The number of rotatable bonds is 2. The summed E-state index contributed by atoms with van der Waals surface area (Å²) in [6, 6.07) is -1.30. The predicted molar refractivity (Wildman–Crippen MR) is 85.9 cm³/mol. The van der Waals surface area contributed by atoms with Gasteiger partial charge in [0.1, 0.15) is 0 Å². The second-order valence-electron chi connectivity index (χ2n) is 8.51. The summed E-state index contributed by atoms with van der Waals surface area (Å²) in [5.41, 5.74) is -2.02. The molecular weight excluding hydrogens is 378 g/mol. The molecule has 1 spiro atoms. The summed E-state index contributed by atoms with van der Waals surface area (Å²) < 4.78 is 85.8. The van der Waals surface area contributed by atoms with Gasteiger partial charge in [0.05, 0.1) is 17.7 Å². The Labute approximate surface area is 154 Å². The smallest absolute Gasteiger partial charge is 0.368 e. The Morgan fingerprint density at radius 1 is 1.07 bits per heavy atom. The summed E-state index contributed by atoms with van der Waals surface area (Å²) in [5.74, 6) is -4.16. The number of hydrogen-bond acceptors (Lipinski definition) is 3. The Morgan fingerprint density at radius 2 is 1.56 bits per heavy atom. The van der Waals surface area contributed by atoms with E-state index in [1.807, 2.05) is 0 Å². The standard InChI is InChI=1S/C17H26F6N2O2/c1-14(2,3)13(26)25(4)10-9-15(5-7-24-8-6-15)27-11(10)12(16(18,19)20)17(21,22)23/h10-12,24H,5-9H2,1-4H3. The summed E-state index contributed by atoms with van der Waals surface area (Å²) in [7, 11) is 1.26. The largest absolute Gasteiger partial charge is 0.403 e. The van der Waals surface area contributed by atoms with Crippen LogP contribution in [-0.4, -0.2) is 61.0 Å². The molecule has 2 unspecified atom stereocenters. The van der Waals surface area contributed by atoms with Crippen LogP contribution in [0.1, 0.15) is 40.0 Å². The van der Waals surface area contributed by atoms with E-state index in [-0.39, 0.29) is 6.42 Å². The van der Waals surface area contributed by atoms with Gasteiger partial charge in [-0.1, -0.05) is 20.8 Å². The van der Waals surface area contributed by atoms with E-state index in [9.17, 15) is 31.1 Å². The van der Waals surface area contributed by atoms with Gasteiger partial charge in [-0.2, -0.15) is 26.3 Å². The predicted octanol–water partition coefficient (Wildman–Crippen LogP) is 3.51. The Balaban J connectivity index is 2.44. The Bertz CT molecular complexity index is 535. The van der Waals surface area contributed by atoms with E-state index in [0.717, 1.165) is 4.90 Å². The SMILES string of the molecule is CN(C(=O)C(C)(C)C)C1CC2(CCNCC2)OC1C(C(F)(F)F)C(F)(F)F. The molecule has 4 nitrogen and oxygen atoms in total. The Kier molecular flexibility index (Phi) is 5.85. The van der Waals surface area contributed by atoms with E-state index in [4.69, 9.17) is 4.74 Å². The number of likely N-dealkylation sites (N-methyl/N-ethyl adjacent to an activating group) is 1. The third-order valence-electron chi connectivity index (χ3n) is 5.35. The van der Waals surface area contributed by atoms with Crippen LogP contribution in [0.4, 0.5) is 26.3 Å². The first kappa shape index (κ1) is 22.3. The van der Waals surface area contributed by atoms with Crippen molar-refractivity contribution >= 4 is 5.91 Å². The average Bonchev–Trinajstić information content (AvgIpc) is 2.80. The molecule has 2 aliphatic heterocycles. The molecule has 2 atom stereocenters. The first-order valence-electron chi connectivity index (χ1n) is 8.88. The van der Waals surface area contributed by atoms with Gasteiger partial charge in [0.15, 0.2) is 5.92 Å². The van der Waals surface area contributed by atoms with Crippen molar-refractivity contribution in [2.24, 2.45) is 11.3 Å². The van der Waals surface area contributed by atoms with Crippen LogP contribution in [0, 0.1) is 11.3 Å². The lowest BCUT2D eigenvalue weighted by Crippen LogP contribution is -2.54. The van der Waals surface area contributed by atoms with Crippen LogP contribution in [0.25, 0.3) is 0 Å². The molecule has 0 aliphatic carbocycles. The molecule has 2 saturated heterocycles. The summed E-state index contributed by atoms with van der Waals surface area (Å²) in [5, 5.41) is 3.03. The summed E-state index contributed by atoms with van der Waals surface area (Å²) in [6.45, 7) is 5.60. The number of hydrogen-bond donors (Lipinski definition) is 1. The van der Waals surface area contributed by atoms with E-state index >= 15 is 0 Å². The molecule has 0 saturated carbocycles.